The summed E-state index contributed by atoms with van der Waals surface area (Å²) in [7, 11) is 3.97. The van der Waals surface area contributed by atoms with Crippen molar-refractivity contribution in [1.82, 2.24) is 4.90 Å². The topological polar surface area (TPSA) is 23.6 Å². The number of benzene rings is 4. The van der Waals surface area contributed by atoms with Crippen molar-refractivity contribution in [3.63, 3.8) is 0 Å². The minimum atomic E-state index is -1.03. The lowest BCUT2D eigenvalue weighted by atomic mass is 9.88. The van der Waals surface area contributed by atoms with Crippen LogP contribution in [0.3, 0.4) is 0 Å². The van der Waals surface area contributed by atoms with Gasteiger partial charge in [-0.05, 0) is 37.4 Å². The number of nitrogens with zero attached hydrogens (tertiary/aromatic N) is 2. The first-order valence-corrected chi connectivity index (χ1v) is 11.1. The van der Waals surface area contributed by atoms with Crippen LogP contribution in [0.1, 0.15) is 16.7 Å². The molecule has 0 N–H and O–H groups in total. The van der Waals surface area contributed by atoms with Crippen LogP contribution >= 0.6 is 0 Å². The van der Waals surface area contributed by atoms with E-state index in [1.165, 1.54) is 0 Å². The zero-order valence-electron chi connectivity index (χ0n) is 18.8. The van der Waals surface area contributed by atoms with Gasteiger partial charge in [-0.15, -0.1) is 0 Å². The number of likely N-dealkylation sites (N-methyl/N-ethyl adjacent to an activating group) is 1. The van der Waals surface area contributed by atoms with Crippen molar-refractivity contribution in [3.05, 3.63) is 138 Å². The molecule has 1 unspecified atom stereocenters. The molecule has 4 aromatic carbocycles. The molecule has 162 valence electrons. The SMILES string of the molecule is CN(C)C1(c2ccccc2)C(=O)C(c2ccccc2)=C(c2ccccc2)N1c1ccccc1. The van der Waals surface area contributed by atoms with Crippen LogP contribution in [0.25, 0.3) is 11.3 Å². The third-order valence-corrected chi connectivity index (χ3v) is 6.28. The highest BCUT2D eigenvalue weighted by Gasteiger charge is 2.56. The molecule has 1 aliphatic heterocycles. The fourth-order valence-corrected chi connectivity index (χ4v) is 4.88. The molecule has 0 saturated carbocycles. The van der Waals surface area contributed by atoms with Gasteiger partial charge in [0.1, 0.15) is 0 Å². The molecule has 0 saturated heterocycles. The maximum atomic E-state index is 14.7. The Morgan fingerprint density at radius 1 is 0.606 bits per heavy atom. The highest BCUT2D eigenvalue weighted by Crippen LogP contribution is 2.52. The molecule has 5 rings (SSSR count). The first-order valence-electron chi connectivity index (χ1n) is 11.1. The fourth-order valence-electron chi connectivity index (χ4n) is 4.88. The zero-order valence-corrected chi connectivity index (χ0v) is 18.8. The Morgan fingerprint density at radius 3 is 1.58 bits per heavy atom. The molecule has 0 bridgehead atoms. The van der Waals surface area contributed by atoms with Gasteiger partial charge in [-0.3, -0.25) is 9.69 Å². The van der Waals surface area contributed by atoms with Crippen LogP contribution in [0.4, 0.5) is 5.69 Å². The predicted octanol–water partition coefficient (Wildman–Crippen LogP) is 6.06. The Balaban J connectivity index is 1.91. The maximum absolute atomic E-state index is 14.7. The van der Waals surface area contributed by atoms with Gasteiger partial charge in [0, 0.05) is 11.3 Å². The van der Waals surface area contributed by atoms with E-state index in [1.807, 2.05) is 116 Å². The van der Waals surface area contributed by atoms with Crippen LogP contribution in [0.5, 0.6) is 0 Å². The van der Waals surface area contributed by atoms with Gasteiger partial charge >= 0.3 is 0 Å². The first-order chi connectivity index (χ1) is 16.2. The number of para-hydroxylation sites is 1. The molecule has 0 radical (unpaired) electrons. The smallest absolute Gasteiger partial charge is 0.211 e. The summed E-state index contributed by atoms with van der Waals surface area (Å²) in [5.74, 6) is 0.0626. The van der Waals surface area contributed by atoms with Crippen molar-refractivity contribution in [1.29, 1.82) is 0 Å². The van der Waals surface area contributed by atoms with E-state index in [4.69, 9.17) is 0 Å². The molecule has 3 nitrogen and oxygen atoms in total. The van der Waals surface area contributed by atoms with Gasteiger partial charge in [0.05, 0.1) is 11.3 Å². The highest BCUT2D eigenvalue weighted by molar-refractivity contribution is 6.37. The lowest BCUT2D eigenvalue weighted by Gasteiger charge is -2.45. The van der Waals surface area contributed by atoms with Crippen LogP contribution in [-0.2, 0) is 10.5 Å². The Kier molecular flexibility index (Phi) is 5.41. The molecular formula is C30H26N2O. The lowest BCUT2D eigenvalue weighted by molar-refractivity contribution is -0.123. The van der Waals surface area contributed by atoms with E-state index in [0.29, 0.717) is 0 Å². The molecule has 3 heteroatoms. The summed E-state index contributed by atoms with van der Waals surface area (Å²) in [6.45, 7) is 0. The van der Waals surface area contributed by atoms with E-state index in [0.717, 1.165) is 33.6 Å². The second kappa shape index (κ2) is 8.53. The maximum Gasteiger partial charge on any atom is 0.211 e. The van der Waals surface area contributed by atoms with E-state index < -0.39 is 5.66 Å². The minimum absolute atomic E-state index is 0.0626. The average molecular weight is 431 g/mol. The molecule has 1 aliphatic rings. The number of carbonyl (C=O) groups excluding carboxylic acids is 1. The second-order valence-corrected chi connectivity index (χ2v) is 8.39. The summed E-state index contributed by atoms with van der Waals surface area (Å²) in [6.07, 6.45) is 0. The number of Topliss-reactive ketones (excluding diaryl/α,β-unsaturated/α-hetero) is 1. The van der Waals surface area contributed by atoms with Crippen molar-refractivity contribution in [2.45, 2.75) is 5.66 Å². The third kappa shape index (κ3) is 3.29. The standard InChI is InChI=1S/C30H26N2O/c1-31(2)30(25-19-11-5-12-20-25)29(33)27(23-15-7-3-8-16-23)28(24-17-9-4-10-18-24)32(30)26-21-13-6-14-22-26/h3-22H,1-2H3. The van der Waals surface area contributed by atoms with Crippen molar-refractivity contribution in [2.75, 3.05) is 19.0 Å². The van der Waals surface area contributed by atoms with Crippen molar-refractivity contribution < 1.29 is 4.79 Å². The lowest BCUT2D eigenvalue weighted by Crippen LogP contribution is -2.57. The zero-order chi connectivity index (χ0) is 22.8. The summed E-state index contributed by atoms with van der Waals surface area (Å²) in [6, 6.07) is 40.5. The van der Waals surface area contributed by atoms with Crippen molar-refractivity contribution >= 4 is 22.7 Å². The van der Waals surface area contributed by atoms with Gasteiger partial charge < -0.3 is 4.90 Å². The van der Waals surface area contributed by atoms with E-state index in [-0.39, 0.29) is 5.78 Å². The van der Waals surface area contributed by atoms with E-state index in [2.05, 4.69) is 29.2 Å². The number of carbonyl (C=O) groups is 1. The summed E-state index contributed by atoms with van der Waals surface area (Å²) < 4.78 is 0. The second-order valence-electron chi connectivity index (χ2n) is 8.39. The van der Waals surface area contributed by atoms with Crippen LogP contribution in [-0.4, -0.2) is 24.8 Å². The quantitative estimate of drug-likeness (QED) is 0.385. The summed E-state index contributed by atoms with van der Waals surface area (Å²) in [4.78, 5) is 18.9. The Labute approximate surface area is 195 Å². The number of hydrogen-bond acceptors (Lipinski definition) is 3. The molecule has 0 aromatic heterocycles. The first kappa shape index (κ1) is 20.9. The largest absolute Gasteiger partial charge is 0.310 e. The van der Waals surface area contributed by atoms with E-state index in [9.17, 15) is 4.79 Å². The Morgan fingerprint density at radius 2 is 1.06 bits per heavy atom. The number of rotatable bonds is 5. The van der Waals surface area contributed by atoms with Crippen LogP contribution in [0, 0.1) is 0 Å². The summed E-state index contributed by atoms with van der Waals surface area (Å²) in [5, 5.41) is 0. The van der Waals surface area contributed by atoms with Crippen LogP contribution in [0.2, 0.25) is 0 Å². The Hall–Kier alpha value is -3.95. The van der Waals surface area contributed by atoms with Crippen LogP contribution in [0.15, 0.2) is 121 Å². The highest BCUT2D eigenvalue weighted by atomic mass is 16.1. The van der Waals surface area contributed by atoms with Gasteiger partial charge in [-0.1, -0.05) is 109 Å². The van der Waals surface area contributed by atoms with Crippen molar-refractivity contribution in [3.8, 4) is 0 Å². The molecule has 33 heavy (non-hydrogen) atoms. The monoisotopic (exact) mass is 430 g/mol. The van der Waals surface area contributed by atoms with E-state index >= 15 is 0 Å². The normalized spacial score (nSPS) is 18.3. The summed E-state index contributed by atoms with van der Waals surface area (Å²) in [5.41, 5.74) is 4.43. The van der Waals surface area contributed by atoms with Crippen LogP contribution < -0.4 is 4.90 Å². The average Bonchev–Trinajstić information content (AvgIpc) is 3.16. The molecule has 0 aliphatic carbocycles. The van der Waals surface area contributed by atoms with Gasteiger partial charge in [0.15, 0.2) is 5.66 Å². The van der Waals surface area contributed by atoms with Gasteiger partial charge in [-0.2, -0.15) is 0 Å². The molecular weight excluding hydrogens is 404 g/mol. The molecule has 0 amide bonds. The predicted molar refractivity (Wildman–Crippen MR) is 135 cm³/mol. The molecule has 0 spiro atoms. The van der Waals surface area contributed by atoms with Gasteiger partial charge in [0.2, 0.25) is 5.78 Å². The van der Waals surface area contributed by atoms with Gasteiger partial charge in [0.25, 0.3) is 0 Å². The molecule has 4 aromatic rings. The number of hydrogen-bond donors (Lipinski definition) is 0. The third-order valence-electron chi connectivity index (χ3n) is 6.28. The molecule has 1 atom stereocenters. The van der Waals surface area contributed by atoms with Crippen molar-refractivity contribution in [2.24, 2.45) is 0 Å². The summed E-state index contributed by atoms with van der Waals surface area (Å²) >= 11 is 0. The minimum Gasteiger partial charge on any atom is -0.310 e. The molecule has 1 heterocycles. The van der Waals surface area contributed by atoms with Gasteiger partial charge in [-0.25, -0.2) is 0 Å². The fraction of sp³-hybridized carbons (Fsp3) is 0.100. The Bertz CT molecular complexity index is 1280. The number of anilines is 1. The number of ketones is 1. The molecule has 0 fully saturated rings. The van der Waals surface area contributed by atoms with E-state index in [1.54, 1.807) is 0 Å².